The summed E-state index contributed by atoms with van der Waals surface area (Å²) in [5.41, 5.74) is 13.9. The summed E-state index contributed by atoms with van der Waals surface area (Å²) in [6.45, 7) is 12.0. The number of hydrogen-bond acceptors (Lipinski definition) is 6. The van der Waals surface area contributed by atoms with Crippen LogP contribution in [0.5, 0.6) is 0 Å². The van der Waals surface area contributed by atoms with E-state index in [9.17, 15) is 0 Å². The van der Waals surface area contributed by atoms with E-state index < -0.39 is 0 Å². The van der Waals surface area contributed by atoms with Crippen LogP contribution in [-0.4, -0.2) is 29.9 Å². The van der Waals surface area contributed by atoms with Crippen molar-refractivity contribution < 1.29 is 0 Å². The molecule has 0 unspecified atom stereocenters. The third-order valence-electron chi connectivity index (χ3n) is 11.3. The predicted octanol–water partition coefficient (Wildman–Crippen LogP) is 13.0. The lowest BCUT2D eigenvalue weighted by atomic mass is 9.92. The van der Waals surface area contributed by atoms with E-state index in [1.54, 1.807) is 12.2 Å². The number of fused-ring (bicyclic) bond motifs is 8. The minimum atomic E-state index is 0.721. The first-order chi connectivity index (χ1) is 29.5. The fourth-order valence-corrected chi connectivity index (χ4v) is 8.18. The van der Waals surface area contributed by atoms with Gasteiger partial charge in [0.05, 0.1) is 55.9 Å². The lowest BCUT2D eigenvalue weighted by Gasteiger charge is -2.18. The van der Waals surface area contributed by atoms with Crippen LogP contribution in [0.15, 0.2) is 171 Å². The molecule has 0 spiro atoms. The largest absolute Gasteiger partial charge is 0.254 e. The number of allylic oxidation sites excluding steroid dienone is 4. The Morgan fingerprint density at radius 1 is 0.383 bits per heavy atom. The molecule has 6 heteroatoms. The number of benzene rings is 4. The molecule has 6 aromatic heterocycles. The van der Waals surface area contributed by atoms with Crippen molar-refractivity contribution >= 4 is 88.7 Å². The summed E-state index contributed by atoms with van der Waals surface area (Å²) in [5, 5.41) is 6.09. The Morgan fingerprint density at radius 3 is 1.08 bits per heavy atom. The van der Waals surface area contributed by atoms with Crippen LogP contribution in [0.1, 0.15) is 45.0 Å². The van der Waals surface area contributed by atoms with Crippen LogP contribution < -0.4 is 0 Å². The molecule has 0 saturated carbocycles. The number of hydrogen-bond donors (Lipinski definition) is 0. The van der Waals surface area contributed by atoms with E-state index >= 15 is 0 Å². The van der Waals surface area contributed by atoms with Crippen LogP contribution in [0.4, 0.5) is 0 Å². The van der Waals surface area contributed by atoms with Gasteiger partial charge in [-0.2, -0.15) is 0 Å². The second kappa shape index (κ2) is 15.1. The minimum Gasteiger partial charge on any atom is -0.254 e. The number of aryl methyl sites for hydroxylation is 2. The highest BCUT2D eigenvalue weighted by Gasteiger charge is 2.23. The smallest absolute Gasteiger partial charge is 0.0972 e. The summed E-state index contributed by atoms with van der Waals surface area (Å²) >= 11 is 0. The van der Waals surface area contributed by atoms with Crippen LogP contribution in [0.25, 0.3) is 88.7 Å². The maximum Gasteiger partial charge on any atom is 0.0972 e. The van der Waals surface area contributed by atoms with E-state index in [2.05, 4.69) is 148 Å². The second-order valence-electron chi connectivity index (χ2n) is 14.9. The van der Waals surface area contributed by atoms with E-state index in [1.165, 1.54) is 0 Å². The van der Waals surface area contributed by atoms with Crippen molar-refractivity contribution in [1.29, 1.82) is 0 Å². The molecule has 0 atom stereocenters. The standard InChI is InChI=1S/C54H38N6/c1-5-7-11-35-15-17-39-23-27-43(57-49(39)33(35)3)47(44-28-24-40-18-16-36(12-8-6-2)34(4)50(40)58-44)48(45-29-25-41-21-19-37-13-9-31-55-51(37)53(41)59-45)46-30-26-42-22-20-38-14-10-32-56-52(38)54(42)60-46/h5-32H,1-2H2,3-4H3/b11-7-,12-8-. The van der Waals surface area contributed by atoms with E-state index in [0.29, 0.717) is 0 Å². The molecule has 60 heavy (non-hydrogen) atoms. The number of pyridine rings is 6. The molecule has 0 N–H and O–H groups in total. The zero-order chi connectivity index (χ0) is 40.7. The topological polar surface area (TPSA) is 77.3 Å². The van der Waals surface area contributed by atoms with Gasteiger partial charge in [-0.1, -0.05) is 135 Å². The Balaban J connectivity index is 1.36. The minimum absolute atomic E-state index is 0.721. The maximum absolute atomic E-state index is 5.52. The van der Waals surface area contributed by atoms with Crippen LogP contribution in [0, 0.1) is 13.8 Å². The highest BCUT2D eigenvalue weighted by atomic mass is 14.8. The van der Waals surface area contributed by atoms with Gasteiger partial charge in [-0.3, -0.25) is 9.97 Å². The van der Waals surface area contributed by atoms with Gasteiger partial charge in [-0.15, -0.1) is 0 Å². The monoisotopic (exact) mass is 770 g/mol. The molecule has 10 aromatic rings. The van der Waals surface area contributed by atoms with Gasteiger partial charge in [0.15, 0.2) is 0 Å². The molecule has 0 aliphatic heterocycles. The van der Waals surface area contributed by atoms with Crippen LogP contribution >= 0.6 is 0 Å². The lowest BCUT2D eigenvalue weighted by Crippen LogP contribution is -2.05. The molecule has 0 aliphatic rings. The number of rotatable bonds is 8. The average Bonchev–Trinajstić information content (AvgIpc) is 3.30. The van der Waals surface area contributed by atoms with Crippen molar-refractivity contribution in [3.05, 3.63) is 216 Å². The average molecular weight is 771 g/mol. The maximum atomic E-state index is 5.52. The third-order valence-corrected chi connectivity index (χ3v) is 11.3. The van der Waals surface area contributed by atoms with Crippen molar-refractivity contribution in [3.8, 4) is 0 Å². The molecule has 0 radical (unpaired) electrons. The Kier molecular flexibility index (Phi) is 9.15. The zero-order valence-electron chi connectivity index (χ0n) is 33.3. The first-order valence-electron chi connectivity index (χ1n) is 19.9. The Bertz CT molecular complexity index is 3270. The molecule has 10 rings (SSSR count). The van der Waals surface area contributed by atoms with E-state index in [4.69, 9.17) is 29.9 Å². The summed E-state index contributed by atoms with van der Waals surface area (Å²) in [7, 11) is 0. The van der Waals surface area contributed by atoms with Gasteiger partial charge >= 0.3 is 0 Å². The summed E-state index contributed by atoms with van der Waals surface area (Å²) in [5.74, 6) is 0. The molecule has 284 valence electrons. The predicted molar refractivity (Wildman–Crippen MR) is 251 cm³/mol. The van der Waals surface area contributed by atoms with Gasteiger partial charge in [0.25, 0.3) is 0 Å². The normalized spacial score (nSPS) is 11.8. The van der Waals surface area contributed by atoms with Crippen molar-refractivity contribution in [3.63, 3.8) is 0 Å². The Labute approximate surface area is 347 Å². The highest BCUT2D eigenvalue weighted by molar-refractivity contribution is 6.09. The summed E-state index contributed by atoms with van der Waals surface area (Å²) in [6, 6.07) is 41.8. The lowest BCUT2D eigenvalue weighted by molar-refractivity contribution is 1.24. The molecule has 6 nitrogen and oxygen atoms in total. The van der Waals surface area contributed by atoms with Crippen molar-refractivity contribution in [1.82, 2.24) is 29.9 Å². The Hall–Kier alpha value is -7.96. The summed E-state index contributed by atoms with van der Waals surface area (Å²) in [6.07, 6.45) is 15.3. The van der Waals surface area contributed by atoms with Gasteiger partial charge < -0.3 is 0 Å². The van der Waals surface area contributed by atoms with Crippen molar-refractivity contribution in [2.75, 3.05) is 0 Å². The molecule has 0 fully saturated rings. The van der Waals surface area contributed by atoms with E-state index in [1.807, 2.05) is 36.7 Å². The molecule has 0 amide bonds. The van der Waals surface area contributed by atoms with Crippen molar-refractivity contribution in [2.45, 2.75) is 13.8 Å². The second-order valence-corrected chi connectivity index (χ2v) is 14.9. The molecular weight excluding hydrogens is 733 g/mol. The van der Waals surface area contributed by atoms with E-state index in [0.717, 1.165) is 122 Å². The number of aromatic nitrogens is 6. The Morgan fingerprint density at radius 2 is 0.700 bits per heavy atom. The molecule has 6 heterocycles. The zero-order valence-corrected chi connectivity index (χ0v) is 33.3. The number of nitrogens with zero attached hydrogens (tertiary/aromatic N) is 6. The van der Waals surface area contributed by atoms with Gasteiger partial charge in [0, 0.05) is 55.9 Å². The molecule has 0 bridgehead atoms. The van der Waals surface area contributed by atoms with Crippen LogP contribution in [0.2, 0.25) is 0 Å². The van der Waals surface area contributed by atoms with Gasteiger partial charge in [0.2, 0.25) is 0 Å². The first-order valence-corrected chi connectivity index (χ1v) is 19.9. The third kappa shape index (κ3) is 6.32. The summed E-state index contributed by atoms with van der Waals surface area (Å²) in [4.78, 5) is 31.6. The quantitative estimate of drug-likeness (QED) is 0.113. The van der Waals surface area contributed by atoms with Crippen LogP contribution in [0.3, 0.4) is 0 Å². The van der Waals surface area contributed by atoms with Crippen molar-refractivity contribution in [2.24, 2.45) is 0 Å². The first kappa shape index (κ1) is 36.4. The fraction of sp³-hybridized carbons (Fsp3) is 0.0370. The molecule has 0 aliphatic carbocycles. The highest BCUT2D eigenvalue weighted by Crippen LogP contribution is 2.39. The summed E-state index contributed by atoms with van der Waals surface area (Å²) < 4.78 is 0. The fourth-order valence-electron chi connectivity index (χ4n) is 8.18. The molecule has 0 saturated heterocycles. The molecule has 4 aromatic carbocycles. The van der Waals surface area contributed by atoms with Gasteiger partial charge in [0.1, 0.15) is 0 Å². The van der Waals surface area contributed by atoms with Gasteiger partial charge in [-0.25, -0.2) is 19.9 Å². The van der Waals surface area contributed by atoms with E-state index in [-0.39, 0.29) is 0 Å². The SMILES string of the molecule is C=C/C=C\c1ccc2ccc(C(=C(c3ccc4ccc5cccnc5c4n3)c3ccc4ccc5cccnc5c4n3)c3ccc4ccc(/C=C\C=C)c(C)c4n3)nc2c1C. The van der Waals surface area contributed by atoms with Gasteiger partial charge in [-0.05, 0) is 72.5 Å². The van der Waals surface area contributed by atoms with Crippen LogP contribution in [-0.2, 0) is 0 Å². The molecular formula is C54H38N6.